The van der Waals surface area contributed by atoms with Crippen LogP contribution in [0.3, 0.4) is 0 Å². The molecule has 5 aliphatic rings. The van der Waals surface area contributed by atoms with E-state index >= 15 is 0 Å². The first-order chi connectivity index (χ1) is 19.2. The second-order valence-corrected chi connectivity index (χ2v) is 13.8. The Hall–Kier alpha value is -2.32. The van der Waals surface area contributed by atoms with Crippen molar-refractivity contribution in [1.82, 2.24) is 10.2 Å². The third kappa shape index (κ3) is 4.50. The van der Waals surface area contributed by atoms with Crippen LogP contribution in [-0.2, 0) is 19.1 Å². The smallest absolute Gasteiger partial charge is 0.246 e. The number of nitrogens with one attached hydrogen (secondary N) is 2. The molecule has 8 heteroatoms. The van der Waals surface area contributed by atoms with Crippen molar-refractivity contribution in [3.8, 4) is 0 Å². The molecule has 2 saturated heterocycles. The first kappa shape index (κ1) is 27.8. The topological polar surface area (TPSA) is 87.7 Å². The standard InChI is InChI=1S/C32H43N3O4S/c1-18-10-7-13-23(20(18)3)34-30(37)28-32-16-15-25(39-32)26(29(36)33-21-11-8-12-22(17-21)40-4)27(32)31(38)35(28)24-14-6-5-9-19(24)2/h8,11-12,15-20,23-28H,5-7,9-10,13-14H2,1-4H3,(H,33,36)(H,34,37)/t18-,19+,20-,23+,24+,25-,26+,27-,28-,32-/m0/s1. The summed E-state index contributed by atoms with van der Waals surface area (Å²) in [5.41, 5.74) is -0.411. The summed E-state index contributed by atoms with van der Waals surface area (Å²) in [7, 11) is 0. The number of thioether (sulfide) groups is 1. The van der Waals surface area contributed by atoms with Crippen LogP contribution in [0.5, 0.6) is 0 Å². The zero-order chi connectivity index (χ0) is 28.2. The Bertz CT molecular complexity index is 1200. The fraction of sp³-hybridized carbons (Fsp3) is 0.656. The molecule has 1 aromatic rings. The average Bonchev–Trinajstić information content (AvgIpc) is 3.59. The van der Waals surface area contributed by atoms with E-state index in [2.05, 4.69) is 31.4 Å². The van der Waals surface area contributed by atoms with Gasteiger partial charge < -0.3 is 20.3 Å². The lowest BCUT2D eigenvalue weighted by Gasteiger charge is -2.42. The van der Waals surface area contributed by atoms with E-state index in [1.165, 1.54) is 6.42 Å². The van der Waals surface area contributed by atoms with Crippen molar-refractivity contribution in [2.75, 3.05) is 11.6 Å². The van der Waals surface area contributed by atoms with Crippen LogP contribution in [0.2, 0.25) is 0 Å². The predicted octanol–water partition coefficient (Wildman–Crippen LogP) is 5.02. The van der Waals surface area contributed by atoms with Gasteiger partial charge in [-0.15, -0.1) is 11.8 Å². The lowest BCUT2D eigenvalue weighted by Crippen LogP contribution is -2.60. The van der Waals surface area contributed by atoms with Crippen LogP contribution in [0.25, 0.3) is 0 Å². The van der Waals surface area contributed by atoms with Gasteiger partial charge in [-0.05, 0) is 61.5 Å². The van der Waals surface area contributed by atoms with Gasteiger partial charge in [-0.2, -0.15) is 0 Å². The minimum atomic E-state index is -1.12. The SMILES string of the molecule is CSc1cccc(NC(=O)[C@@H]2[C@@H]3C=C[C@]4(O3)[C@@H]2C(=O)N([C@@H]2CCCC[C@H]2C)[C@H]4C(=O)N[C@@H]2CCC[C@H](C)[C@@H]2C)c1. The third-order valence-electron chi connectivity index (χ3n) is 10.7. The molecule has 4 fully saturated rings. The van der Waals surface area contributed by atoms with E-state index in [0.29, 0.717) is 23.4 Å². The maximum Gasteiger partial charge on any atom is 0.246 e. The normalized spacial score (nSPS) is 40.2. The predicted molar refractivity (Wildman–Crippen MR) is 157 cm³/mol. The molecule has 0 unspecified atom stereocenters. The number of nitrogens with zero attached hydrogens (tertiary/aromatic N) is 1. The van der Waals surface area contributed by atoms with Gasteiger partial charge in [-0.1, -0.05) is 64.7 Å². The largest absolute Gasteiger partial charge is 0.359 e. The highest BCUT2D eigenvalue weighted by atomic mass is 32.2. The van der Waals surface area contributed by atoms with Crippen LogP contribution in [0.15, 0.2) is 41.3 Å². The monoisotopic (exact) mass is 565 g/mol. The number of anilines is 1. The van der Waals surface area contributed by atoms with Gasteiger partial charge in [-0.3, -0.25) is 14.4 Å². The highest BCUT2D eigenvalue weighted by molar-refractivity contribution is 7.98. The Morgan fingerprint density at radius 1 is 1.02 bits per heavy atom. The minimum Gasteiger partial charge on any atom is -0.359 e. The molecule has 6 rings (SSSR count). The van der Waals surface area contributed by atoms with Gasteiger partial charge >= 0.3 is 0 Å². The fourth-order valence-corrected chi connectivity index (χ4v) is 8.71. The minimum absolute atomic E-state index is 0.0299. The first-order valence-corrected chi connectivity index (χ1v) is 16.4. The van der Waals surface area contributed by atoms with E-state index < -0.39 is 29.6 Å². The number of hydrogen-bond acceptors (Lipinski definition) is 5. The van der Waals surface area contributed by atoms with Gasteiger partial charge in [0, 0.05) is 22.7 Å². The maximum atomic E-state index is 14.5. The van der Waals surface area contributed by atoms with Gasteiger partial charge in [0.25, 0.3) is 0 Å². The molecule has 1 aromatic carbocycles. The number of benzene rings is 1. The van der Waals surface area contributed by atoms with Crippen molar-refractivity contribution in [2.45, 2.75) is 100 Å². The number of hydrogen-bond donors (Lipinski definition) is 2. The molecule has 7 nitrogen and oxygen atoms in total. The van der Waals surface area contributed by atoms with Gasteiger partial charge in [0.1, 0.15) is 11.6 Å². The summed E-state index contributed by atoms with van der Waals surface area (Å²) < 4.78 is 6.60. The highest BCUT2D eigenvalue weighted by Gasteiger charge is 2.73. The van der Waals surface area contributed by atoms with Crippen molar-refractivity contribution < 1.29 is 19.1 Å². The Morgan fingerprint density at radius 3 is 2.58 bits per heavy atom. The number of carbonyl (C=O) groups excluding carboxylic acids is 3. The van der Waals surface area contributed by atoms with Gasteiger partial charge in [-0.25, -0.2) is 0 Å². The van der Waals surface area contributed by atoms with E-state index in [4.69, 9.17) is 4.74 Å². The van der Waals surface area contributed by atoms with Crippen molar-refractivity contribution in [3.05, 3.63) is 36.4 Å². The number of rotatable bonds is 6. The van der Waals surface area contributed by atoms with E-state index in [0.717, 1.165) is 43.4 Å². The van der Waals surface area contributed by atoms with Crippen LogP contribution < -0.4 is 10.6 Å². The summed E-state index contributed by atoms with van der Waals surface area (Å²) >= 11 is 1.61. The summed E-state index contributed by atoms with van der Waals surface area (Å²) in [6.07, 6.45) is 12.6. The molecule has 2 saturated carbocycles. The van der Waals surface area contributed by atoms with Crippen LogP contribution >= 0.6 is 11.8 Å². The molecule has 0 aromatic heterocycles. The Morgan fingerprint density at radius 2 is 1.80 bits per heavy atom. The molecular formula is C32H43N3O4S. The number of carbonyl (C=O) groups is 3. The van der Waals surface area contributed by atoms with Crippen LogP contribution in [0.1, 0.15) is 65.7 Å². The highest BCUT2D eigenvalue weighted by Crippen LogP contribution is 2.56. The molecule has 216 valence electrons. The maximum absolute atomic E-state index is 14.5. The fourth-order valence-electron chi connectivity index (χ4n) is 8.25. The van der Waals surface area contributed by atoms with Crippen LogP contribution in [-0.4, -0.2) is 58.7 Å². The number of fused-ring (bicyclic) bond motifs is 1. The molecule has 3 amide bonds. The third-order valence-corrected chi connectivity index (χ3v) is 11.4. The first-order valence-electron chi connectivity index (χ1n) is 15.2. The molecule has 3 heterocycles. The number of amides is 3. The summed E-state index contributed by atoms with van der Waals surface area (Å²) in [5, 5.41) is 6.44. The molecule has 2 bridgehead atoms. The lowest BCUT2D eigenvalue weighted by atomic mass is 9.73. The molecule has 1 spiro atoms. The van der Waals surface area contributed by atoms with Crippen molar-refractivity contribution in [3.63, 3.8) is 0 Å². The molecule has 2 aliphatic carbocycles. The summed E-state index contributed by atoms with van der Waals surface area (Å²) in [6, 6.07) is 7.01. The number of likely N-dealkylation sites (tertiary alicyclic amines) is 1. The molecule has 40 heavy (non-hydrogen) atoms. The Kier molecular flexibility index (Phi) is 7.53. The van der Waals surface area contributed by atoms with E-state index in [1.54, 1.807) is 11.8 Å². The molecule has 2 N–H and O–H groups in total. The van der Waals surface area contributed by atoms with Gasteiger partial charge in [0.2, 0.25) is 17.7 Å². The average molecular weight is 566 g/mol. The Balaban J connectivity index is 1.33. The van der Waals surface area contributed by atoms with Crippen LogP contribution in [0.4, 0.5) is 5.69 Å². The van der Waals surface area contributed by atoms with Gasteiger partial charge in [0.15, 0.2) is 0 Å². The quantitative estimate of drug-likeness (QED) is 0.374. The van der Waals surface area contributed by atoms with E-state index in [1.807, 2.05) is 47.6 Å². The van der Waals surface area contributed by atoms with Crippen molar-refractivity contribution in [1.29, 1.82) is 0 Å². The Labute approximate surface area is 242 Å². The second kappa shape index (κ2) is 10.8. The second-order valence-electron chi connectivity index (χ2n) is 12.9. The van der Waals surface area contributed by atoms with E-state index in [-0.39, 0.29) is 29.8 Å². The zero-order valence-corrected chi connectivity index (χ0v) is 24.9. The van der Waals surface area contributed by atoms with Gasteiger partial charge in [0.05, 0.1) is 17.9 Å². The zero-order valence-electron chi connectivity index (χ0n) is 24.1. The summed E-state index contributed by atoms with van der Waals surface area (Å²) in [5.74, 6) is -0.632. The van der Waals surface area contributed by atoms with Crippen molar-refractivity contribution in [2.24, 2.45) is 29.6 Å². The summed E-state index contributed by atoms with van der Waals surface area (Å²) in [6.45, 7) is 6.68. The summed E-state index contributed by atoms with van der Waals surface area (Å²) in [4.78, 5) is 45.5. The molecule has 3 aliphatic heterocycles. The molecule has 10 atom stereocenters. The van der Waals surface area contributed by atoms with Crippen molar-refractivity contribution >= 4 is 35.2 Å². The lowest BCUT2D eigenvalue weighted by molar-refractivity contribution is -0.146. The number of ether oxygens (including phenoxy) is 1. The molecular weight excluding hydrogens is 522 g/mol. The van der Waals surface area contributed by atoms with Crippen LogP contribution in [0, 0.1) is 29.6 Å². The molecule has 0 radical (unpaired) electrons. The van der Waals surface area contributed by atoms with E-state index in [9.17, 15) is 14.4 Å².